The first-order valence-corrected chi connectivity index (χ1v) is 6.87. The largest absolute Gasteiger partial charge is 0.368 e. The second-order valence-corrected chi connectivity index (χ2v) is 5.80. The van der Waals surface area contributed by atoms with E-state index in [1.54, 1.807) is 0 Å². The zero-order valence-corrected chi connectivity index (χ0v) is 12.7. The molecule has 0 amide bonds. The molecule has 4 N–H and O–H groups in total. The Hall–Kier alpha value is -1.87. The maximum Gasteiger partial charge on any atom is 0.0866 e. The summed E-state index contributed by atoms with van der Waals surface area (Å²) in [5, 5.41) is 11.9. The molecule has 106 valence electrons. The molecular formula is C17H23N3. The molecule has 1 aliphatic heterocycles. The highest BCUT2D eigenvalue weighted by molar-refractivity contribution is 6.08. The predicted molar refractivity (Wildman–Crippen MR) is 86.4 cm³/mol. The number of fused-ring (bicyclic) bond motifs is 1. The van der Waals surface area contributed by atoms with Gasteiger partial charge in [-0.2, -0.15) is 0 Å². The summed E-state index contributed by atoms with van der Waals surface area (Å²) < 4.78 is 0. The molecule has 0 spiro atoms. The van der Waals surface area contributed by atoms with Crippen LogP contribution in [0.25, 0.3) is 0 Å². The van der Waals surface area contributed by atoms with Crippen molar-refractivity contribution in [3.63, 3.8) is 0 Å². The zero-order valence-electron chi connectivity index (χ0n) is 12.7. The van der Waals surface area contributed by atoms with Crippen LogP contribution in [0.3, 0.4) is 0 Å². The Morgan fingerprint density at radius 2 is 2.00 bits per heavy atom. The first-order chi connectivity index (χ1) is 9.31. The Labute approximate surface area is 121 Å². The third-order valence-corrected chi connectivity index (χ3v) is 3.72. The third kappa shape index (κ3) is 2.54. The van der Waals surface area contributed by atoms with Crippen molar-refractivity contribution in [2.45, 2.75) is 33.9 Å². The van der Waals surface area contributed by atoms with Gasteiger partial charge in [0.05, 0.1) is 17.8 Å². The number of aryl methyl sites for hydroxylation is 2. The fraction of sp³-hybridized carbons (Fsp3) is 0.353. The van der Waals surface area contributed by atoms with Crippen LogP contribution in [0, 0.1) is 25.2 Å². The number of nitrogens with two attached hydrogens (primary N) is 1. The van der Waals surface area contributed by atoms with Gasteiger partial charge in [-0.15, -0.1) is 0 Å². The van der Waals surface area contributed by atoms with Crippen molar-refractivity contribution < 1.29 is 0 Å². The molecule has 0 saturated carbocycles. The maximum absolute atomic E-state index is 8.54. The highest BCUT2D eigenvalue weighted by Crippen LogP contribution is 2.34. The number of nitrogens with one attached hydrogen (secondary N) is 2. The molecule has 1 aromatic rings. The molecule has 2 rings (SSSR count). The SMILES string of the molecule is C=C(C)/C=C(/C)C1C(=N)c2cc(C)cc(C)c2NC1N. The number of hydrogen-bond donors (Lipinski definition) is 3. The smallest absolute Gasteiger partial charge is 0.0866 e. The molecule has 1 aromatic carbocycles. The third-order valence-electron chi connectivity index (χ3n) is 3.72. The van der Waals surface area contributed by atoms with Crippen LogP contribution in [-0.2, 0) is 0 Å². The summed E-state index contributed by atoms with van der Waals surface area (Å²) in [6.07, 6.45) is 1.74. The molecule has 3 heteroatoms. The lowest BCUT2D eigenvalue weighted by atomic mass is 9.82. The minimum atomic E-state index is -0.271. The van der Waals surface area contributed by atoms with Crippen LogP contribution >= 0.6 is 0 Å². The van der Waals surface area contributed by atoms with Crippen LogP contribution in [0.1, 0.15) is 30.5 Å². The molecule has 0 radical (unpaired) electrons. The highest BCUT2D eigenvalue weighted by Gasteiger charge is 2.32. The molecule has 20 heavy (non-hydrogen) atoms. The molecule has 1 heterocycles. The molecule has 3 nitrogen and oxygen atoms in total. The number of rotatable bonds is 2. The van der Waals surface area contributed by atoms with E-state index in [1.165, 1.54) is 5.56 Å². The van der Waals surface area contributed by atoms with Crippen LogP contribution in [0.5, 0.6) is 0 Å². The van der Waals surface area contributed by atoms with Gasteiger partial charge in [0.1, 0.15) is 0 Å². The van der Waals surface area contributed by atoms with Gasteiger partial charge in [0, 0.05) is 11.3 Å². The van der Waals surface area contributed by atoms with Gasteiger partial charge in [-0.3, -0.25) is 0 Å². The van der Waals surface area contributed by atoms with Crippen molar-refractivity contribution in [1.29, 1.82) is 5.41 Å². The molecule has 0 aromatic heterocycles. The van der Waals surface area contributed by atoms with Gasteiger partial charge in [0.2, 0.25) is 0 Å². The van der Waals surface area contributed by atoms with E-state index < -0.39 is 0 Å². The first-order valence-electron chi connectivity index (χ1n) is 6.87. The van der Waals surface area contributed by atoms with Crippen LogP contribution in [0.15, 0.2) is 35.9 Å². The summed E-state index contributed by atoms with van der Waals surface area (Å²) in [6.45, 7) is 12.0. The zero-order chi connectivity index (χ0) is 15.0. The van der Waals surface area contributed by atoms with Crippen LogP contribution in [-0.4, -0.2) is 11.9 Å². The Morgan fingerprint density at radius 3 is 2.60 bits per heavy atom. The van der Waals surface area contributed by atoms with E-state index in [2.05, 4.69) is 37.9 Å². The Balaban J connectivity index is 2.51. The van der Waals surface area contributed by atoms with E-state index in [0.29, 0.717) is 5.71 Å². The van der Waals surface area contributed by atoms with Gasteiger partial charge in [0.25, 0.3) is 0 Å². The van der Waals surface area contributed by atoms with E-state index in [0.717, 1.165) is 28.0 Å². The molecule has 1 aliphatic rings. The lowest BCUT2D eigenvalue weighted by molar-refractivity contribution is 0.635. The number of anilines is 1. The average Bonchev–Trinajstić information content (AvgIpc) is 2.30. The normalized spacial score (nSPS) is 22.2. The van der Waals surface area contributed by atoms with E-state index in [9.17, 15) is 0 Å². The van der Waals surface area contributed by atoms with Crippen LogP contribution < -0.4 is 11.1 Å². The number of benzene rings is 1. The topological polar surface area (TPSA) is 61.9 Å². The standard InChI is InChI=1S/C17H23N3/c1-9(2)6-11(4)14-15(18)13-8-10(3)7-12(5)16(13)20-17(14)19/h6-8,14,17-18,20H,1,19H2,2-5H3/b11-6-,18-15?. The fourth-order valence-electron chi connectivity index (χ4n) is 2.96. The van der Waals surface area contributed by atoms with Gasteiger partial charge in [-0.05, 0) is 39.3 Å². The highest BCUT2D eigenvalue weighted by atomic mass is 15.1. The molecule has 0 bridgehead atoms. The van der Waals surface area contributed by atoms with E-state index in [-0.39, 0.29) is 12.1 Å². The molecule has 2 unspecified atom stereocenters. The van der Waals surface area contributed by atoms with Gasteiger partial charge in [-0.25, -0.2) is 0 Å². The van der Waals surface area contributed by atoms with Crippen molar-refractivity contribution in [2.24, 2.45) is 11.7 Å². The monoisotopic (exact) mass is 269 g/mol. The summed E-state index contributed by atoms with van der Waals surface area (Å²) in [6, 6.07) is 4.17. The molecular weight excluding hydrogens is 246 g/mol. The second-order valence-electron chi connectivity index (χ2n) is 5.80. The van der Waals surface area contributed by atoms with E-state index >= 15 is 0 Å². The number of allylic oxidation sites excluding steroid dienone is 2. The maximum atomic E-state index is 8.54. The van der Waals surface area contributed by atoms with Crippen molar-refractivity contribution in [1.82, 2.24) is 0 Å². The predicted octanol–water partition coefficient (Wildman–Crippen LogP) is 3.52. The quantitative estimate of drug-likeness (QED) is 0.719. The molecule has 0 saturated heterocycles. The second kappa shape index (κ2) is 5.25. The lowest BCUT2D eigenvalue weighted by Crippen LogP contribution is -2.46. The Bertz CT molecular complexity index is 611. The average molecular weight is 269 g/mol. The molecule has 0 fully saturated rings. The lowest BCUT2D eigenvalue weighted by Gasteiger charge is -2.35. The van der Waals surface area contributed by atoms with Crippen molar-refractivity contribution in [3.05, 3.63) is 52.6 Å². The van der Waals surface area contributed by atoms with Crippen molar-refractivity contribution in [2.75, 3.05) is 5.32 Å². The van der Waals surface area contributed by atoms with Gasteiger partial charge in [-0.1, -0.05) is 35.4 Å². The minimum Gasteiger partial charge on any atom is -0.368 e. The summed E-state index contributed by atoms with van der Waals surface area (Å²) in [4.78, 5) is 0. The minimum absolute atomic E-state index is 0.111. The van der Waals surface area contributed by atoms with Crippen molar-refractivity contribution in [3.8, 4) is 0 Å². The summed E-state index contributed by atoms with van der Waals surface area (Å²) >= 11 is 0. The summed E-state index contributed by atoms with van der Waals surface area (Å²) in [7, 11) is 0. The van der Waals surface area contributed by atoms with E-state index in [4.69, 9.17) is 11.1 Å². The van der Waals surface area contributed by atoms with Crippen LogP contribution in [0.2, 0.25) is 0 Å². The first kappa shape index (κ1) is 14.5. The fourth-order valence-corrected chi connectivity index (χ4v) is 2.96. The van der Waals surface area contributed by atoms with Crippen LogP contribution in [0.4, 0.5) is 5.69 Å². The van der Waals surface area contributed by atoms with Gasteiger partial charge in [0.15, 0.2) is 0 Å². The Morgan fingerprint density at radius 1 is 1.35 bits per heavy atom. The molecule has 2 atom stereocenters. The molecule has 0 aliphatic carbocycles. The van der Waals surface area contributed by atoms with Gasteiger partial charge >= 0.3 is 0 Å². The van der Waals surface area contributed by atoms with Gasteiger partial charge < -0.3 is 16.5 Å². The Kier molecular flexibility index (Phi) is 3.82. The number of hydrogen-bond acceptors (Lipinski definition) is 3. The van der Waals surface area contributed by atoms with E-state index in [1.807, 2.05) is 19.9 Å². The summed E-state index contributed by atoms with van der Waals surface area (Å²) in [5.41, 5.74) is 13.2. The van der Waals surface area contributed by atoms with Crippen molar-refractivity contribution >= 4 is 11.4 Å². The summed E-state index contributed by atoms with van der Waals surface area (Å²) in [5.74, 6) is -0.111.